The molecule has 15 nitrogen and oxygen atoms in total. The van der Waals surface area contributed by atoms with Gasteiger partial charge in [0, 0.05) is 17.6 Å². The van der Waals surface area contributed by atoms with E-state index in [4.69, 9.17) is 23.3 Å². The average Bonchev–Trinajstić information content (AvgIpc) is 3.79. The van der Waals surface area contributed by atoms with Crippen molar-refractivity contribution in [3.8, 4) is 6.07 Å². The van der Waals surface area contributed by atoms with Crippen LogP contribution in [0.1, 0.15) is 71.4 Å². The second-order valence-electron chi connectivity index (χ2n) is 13.2. The second kappa shape index (κ2) is 18.8. The molecule has 290 valence electrons. The minimum atomic E-state index is -1.73. The molecule has 1 saturated heterocycles. The smallest absolute Gasteiger partial charge is 0.338 e. The van der Waals surface area contributed by atoms with Gasteiger partial charge in [-0.2, -0.15) is 5.26 Å². The summed E-state index contributed by atoms with van der Waals surface area (Å²) in [7, 11) is -1.73. The van der Waals surface area contributed by atoms with E-state index in [9.17, 15) is 19.6 Å². The Balaban J connectivity index is 1.39. The molecule has 5 atom stereocenters. The van der Waals surface area contributed by atoms with E-state index in [1.807, 2.05) is 27.7 Å². The molecule has 0 spiro atoms. The van der Waals surface area contributed by atoms with Gasteiger partial charge < -0.3 is 28.6 Å². The number of ether oxygens (including phenoxy) is 3. The lowest BCUT2D eigenvalue weighted by Crippen LogP contribution is -2.41. The Kier molecular flexibility index (Phi) is 13.5. The van der Waals surface area contributed by atoms with E-state index < -0.39 is 50.9 Å². The number of fused-ring (bicyclic) bond motifs is 1. The molecule has 2 aromatic heterocycles. The third-order valence-corrected chi connectivity index (χ3v) is 10.8. The highest BCUT2D eigenvalue weighted by Gasteiger charge is 2.52. The molecule has 6 rings (SSSR count). The maximum Gasteiger partial charge on any atom is 0.338 e. The summed E-state index contributed by atoms with van der Waals surface area (Å²) in [6, 6.07) is 27.6. The van der Waals surface area contributed by atoms with Crippen LogP contribution in [0.25, 0.3) is 11.2 Å². The minimum absolute atomic E-state index is 0.0142. The lowest BCUT2D eigenvalue weighted by atomic mass is 10.1. The molecule has 3 aromatic carbocycles. The molecule has 56 heavy (non-hydrogen) atoms. The van der Waals surface area contributed by atoms with E-state index in [2.05, 4.69) is 31.0 Å². The Morgan fingerprint density at radius 2 is 1.39 bits per heavy atom. The van der Waals surface area contributed by atoms with Crippen molar-refractivity contribution in [2.45, 2.75) is 70.7 Å². The number of carbonyl (C=O) groups is 3. The van der Waals surface area contributed by atoms with Crippen LogP contribution in [0.15, 0.2) is 104 Å². The second-order valence-corrected chi connectivity index (χ2v) is 14.7. The van der Waals surface area contributed by atoms with Crippen molar-refractivity contribution >= 4 is 43.4 Å². The number of amides is 1. The first kappa shape index (κ1) is 40.1. The highest BCUT2D eigenvalue weighted by Crippen LogP contribution is 2.47. The van der Waals surface area contributed by atoms with Gasteiger partial charge in [0.1, 0.15) is 12.4 Å². The number of anilines is 1. The summed E-state index contributed by atoms with van der Waals surface area (Å²) in [6.07, 6.45) is -1.76. The van der Waals surface area contributed by atoms with E-state index >= 15 is 0 Å². The molecule has 5 aromatic rings. The van der Waals surface area contributed by atoms with E-state index in [1.165, 1.54) is 12.7 Å². The number of benzene rings is 3. The number of hydrogen-bond acceptors (Lipinski definition) is 13. The number of esters is 2. The minimum Gasteiger partial charge on any atom is -0.452 e. The predicted molar refractivity (Wildman–Crippen MR) is 206 cm³/mol. The van der Waals surface area contributed by atoms with Crippen LogP contribution in [0, 0.1) is 11.3 Å². The molecule has 1 N–H and O–H groups in total. The van der Waals surface area contributed by atoms with Crippen LogP contribution in [0.3, 0.4) is 0 Å². The number of carbonyl (C=O) groups excluding carboxylic acids is 3. The van der Waals surface area contributed by atoms with Gasteiger partial charge in [0.05, 0.1) is 43.2 Å². The van der Waals surface area contributed by atoms with Crippen LogP contribution in [-0.2, 0) is 23.3 Å². The van der Waals surface area contributed by atoms with Crippen molar-refractivity contribution in [3.63, 3.8) is 0 Å². The molecule has 0 bridgehead atoms. The van der Waals surface area contributed by atoms with Gasteiger partial charge in [0.2, 0.25) is 0 Å². The van der Waals surface area contributed by atoms with Gasteiger partial charge in [-0.1, -0.05) is 54.6 Å². The number of nitriles is 1. The van der Waals surface area contributed by atoms with Crippen LogP contribution < -0.4 is 5.32 Å². The van der Waals surface area contributed by atoms with Crippen molar-refractivity contribution < 1.29 is 37.6 Å². The zero-order chi connectivity index (χ0) is 39.6. The Bertz CT molecular complexity index is 2120. The summed E-state index contributed by atoms with van der Waals surface area (Å²) in [4.78, 5) is 53.8. The Morgan fingerprint density at radius 3 is 1.96 bits per heavy atom. The Labute approximate surface area is 325 Å². The topological polar surface area (TPSA) is 180 Å². The quantitative estimate of drug-likeness (QED) is 0.0634. The zero-order valence-corrected chi connectivity index (χ0v) is 32.2. The first-order chi connectivity index (χ1) is 27.2. The van der Waals surface area contributed by atoms with Gasteiger partial charge in [0.25, 0.3) is 14.4 Å². The molecule has 1 amide bonds. The third-order valence-electron chi connectivity index (χ3n) is 8.70. The van der Waals surface area contributed by atoms with Crippen LogP contribution in [0.2, 0.25) is 0 Å². The number of nitrogens with one attached hydrogen (secondary N) is 1. The van der Waals surface area contributed by atoms with Crippen LogP contribution in [0.4, 0.5) is 5.82 Å². The van der Waals surface area contributed by atoms with Gasteiger partial charge >= 0.3 is 11.9 Å². The molecule has 1 aliphatic heterocycles. The van der Waals surface area contributed by atoms with E-state index in [1.54, 1.807) is 95.6 Å². The van der Waals surface area contributed by atoms with Gasteiger partial charge in [-0.25, -0.2) is 29.2 Å². The number of rotatable bonds is 16. The molecule has 1 fully saturated rings. The van der Waals surface area contributed by atoms with Crippen molar-refractivity contribution in [2.24, 2.45) is 0 Å². The number of imidazole rings is 1. The molecule has 3 heterocycles. The summed E-state index contributed by atoms with van der Waals surface area (Å²) in [6.45, 7) is 8.04. The van der Waals surface area contributed by atoms with E-state index in [0.29, 0.717) is 5.56 Å². The van der Waals surface area contributed by atoms with Gasteiger partial charge in [-0.3, -0.25) is 9.36 Å². The fourth-order valence-corrected chi connectivity index (χ4v) is 7.83. The lowest BCUT2D eigenvalue weighted by Gasteiger charge is -2.36. The van der Waals surface area contributed by atoms with Crippen LogP contribution in [0.5, 0.6) is 0 Å². The van der Waals surface area contributed by atoms with E-state index in [-0.39, 0.29) is 59.8 Å². The van der Waals surface area contributed by atoms with Crippen LogP contribution in [-0.4, -0.2) is 85.6 Å². The monoisotopic (exact) mass is 779 g/mol. The van der Waals surface area contributed by atoms with E-state index in [0.717, 1.165) is 0 Å². The molecular formula is C40H42N7O8P. The summed E-state index contributed by atoms with van der Waals surface area (Å²) in [5.41, 5.74) is 1.45. The van der Waals surface area contributed by atoms with Gasteiger partial charge in [-0.05, 0) is 64.1 Å². The van der Waals surface area contributed by atoms with Crippen molar-refractivity contribution in [2.75, 3.05) is 18.5 Å². The summed E-state index contributed by atoms with van der Waals surface area (Å²) < 4.78 is 35.2. The zero-order valence-electron chi connectivity index (χ0n) is 31.3. The van der Waals surface area contributed by atoms with Crippen molar-refractivity contribution in [1.82, 2.24) is 24.2 Å². The number of nitrogens with zero attached hydrogens (tertiary/aromatic N) is 6. The molecule has 0 saturated carbocycles. The van der Waals surface area contributed by atoms with Gasteiger partial charge in [0.15, 0.2) is 35.4 Å². The molecule has 0 aliphatic carbocycles. The molecule has 16 heteroatoms. The molecule has 1 unspecified atom stereocenters. The summed E-state index contributed by atoms with van der Waals surface area (Å²) >= 11 is 0. The summed E-state index contributed by atoms with van der Waals surface area (Å²) in [5, 5.41) is 12.0. The molecule has 1 aliphatic rings. The molecular weight excluding hydrogens is 737 g/mol. The summed E-state index contributed by atoms with van der Waals surface area (Å²) in [5.74, 6) is -1.61. The molecule has 0 radical (unpaired) electrons. The largest absolute Gasteiger partial charge is 0.452 e. The van der Waals surface area contributed by atoms with Gasteiger partial charge in [-0.15, -0.1) is 0 Å². The highest BCUT2D eigenvalue weighted by molar-refractivity contribution is 7.44. The number of aromatic nitrogens is 4. The predicted octanol–water partition coefficient (Wildman–Crippen LogP) is 6.72. The normalized spacial score (nSPS) is 18.5. The lowest BCUT2D eigenvalue weighted by molar-refractivity contribution is -0.0551. The average molecular weight is 780 g/mol. The van der Waals surface area contributed by atoms with Crippen molar-refractivity contribution in [1.29, 1.82) is 5.26 Å². The third kappa shape index (κ3) is 9.42. The fourth-order valence-electron chi connectivity index (χ4n) is 6.22. The standard InChI is InChI=1S/C40H42N7O8P/c1-26(2)47(27(3)4)56(51-22-14-21-41)52-23-31-33(54-39(49)29-17-10-6-11-18-29)34(55-40(50)30-19-12-7-13-20-30)38(53-31)46-25-44-32-35(42-24-43-36(32)46)45-37(48)28-15-8-5-9-16-28/h5-13,15-20,24-27,31,33-34,38H,14,22-23H2,1-4H3,(H,42,43,45,48)/t31-,33-,34-,38-,56?/m1/s1. The Hall–Kier alpha value is -5.62. The maximum absolute atomic E-state index is 13.8. The highest BCUT2D eigenvalue weighted by atomic mass is 31.2. The number of hydrogen-bond donors (Lipinski definition) is 1. The Morgan fingerprint density at radius 1 is 0.821 bits per heavy atom. The SMILES string of the molecule is CC(C)N(C(C)C)P(OCCC#N)OC[C@H]1O[C@@H](n2cnc3c(NC(=O)c4ccccc4)ncnc32)[C@H](OC(=O)c2ccccc2)[C@@H]1OC(=O)c1ccccc1. The first-order valence-corrected chi connectivity index (χ1v) is 19.2. The maximum atomic E-state index is 13.8. The van der Waals surface area contributed by atoms with Crippen molar-refractivity contribution in [3.05, 3.63) is 120 Å². The first-order valence-electron chi connectivity index (χ1n) is 18.1. The fraction of sp³-hybridized carbons (Fsp3) is 0.325. The van der Waals surface area contributed by atoms with Crippen LogP contribution >= 0.6 is 8.53 Å².